The molecule has 1 aliphatic rings. The van der Waals surface area contributed by atoms with Gasteiger partial charge in [-0.1, -0.05) is 18.2 Å². The first-order chi connectivity index (χ1) is 11.1. The number of fused-ring (bicyclic) bond motifs is 1. The molecule has 0 saturated carbocycles. The lowest BCUT2D eigenvalue weighted by Crippen LogP contribution is -2.35. The number of rotatable bonds is 4. The van der Waals surface area contributed by atoms with E-state index in [0.29, 0.717) is 17.3 Å². The van der Waals surface area contributed by atoms with Gasteiger partial charge in [0.25, 0.3) is 11.5 Å². The molecule has 122 valence electrons. The van der Waals surface area contributed by atoms with Crippen molar-refractivity contribution in [2.75, 3.05) is 13.2 Å². The molecule has 2 heterocycles. The van der Waals surface area contributed by atoms with E-state index in [9.17, 15) is 9.59 Å². The van der Waals surface area contributed by atoms with Gasteiger partial charge in [-0.05, 0) is 32.8 Å². The molecule has 0 unspecified atom stereocenters. The van der Waals surface area contributed by atoms with E-state index in [2.05, 4.69) is 10.4 Å². The summed E-state index contributed by atoms with van der Waals surface area (Å²) in [5.74, 6) is -0.272. The summed E-state index contributed by atoms with van der Waals surface area (Å²) in [5, 5.41) is 8.27. The Hall–Kier alpha value is -2.21. The molecule has 1 aliphatic heterocycles. The van der Waals surface area contributed by atoms with Crippen LogP contribution in [0, 0.1) is 0 Å². The number of nitrogens with one attached hydrogen (secondary N) is 1. The molecule has 6 heteroatoms. The minimum Gasteiger partial charge on any atom is -0.376 e. The van der Waals surface area contributed by atoms with Gasteiger partial charge in [0.2, 0.25) is 0 Å². The van der Waals surface area contributed by atoms with Crippen molar-refractivity contribution in [3.05, 3.63) is 40.3 Å². The van der Waals surface area contributed by atoms with E-state index < -0.39 is 0 Å². The van der Waals surface area contributed by atoms with Gasteiger partial charge in [0.15, 0.2) is 5.69 Å². The van der Waals surface area contributed by atoms with Gasteiger partial charge >= 0.3 is 0 Å². The molecule has 1 aromatic heterocycles. The molecule has 23 heavy (non-hydrogen) atoms. The van der Waals surface area contributed by atoms with Gasteiger partial charge in [-0.2, -0.15) is 5.10 Å². The highest BCUT2D eigenvalue weighted by Crippen LogP contribution is 2.15. The molecule has 1 saturated heterocycles. The highest BCUT2D eigenvalue weighted by Gasteiger charge is 2.20. The first-order valence-electron chi connectivity index (χ1n) is 7.99. The first kappa shape index (κ1) is 15.7. The lowest BCUT2D eigenvalue weighted by Gasteiger charge is -2.14. The van der Waals surface area contributed by atoms with Crippen molar-refractivity contribution >= 4 is 16.7 Å². The normalized spacial score (nSPS) is 17.8. The largest absolute Gasteiger partial charge is 0.376 e. The highest BCUT2D eigenvalue weighted by atomic mass is 16.5. The number of nitrogens with zero attached hydrogens (tertiary/aromatic N) is 2. The van der Waals surface area contributed by atoms with Gasteiger partial charge in [0.05, 0.1) is 17.5 Å². The smallest absolute Gasteiger partial charge is 0.274 e. The first-order valence-corrected chi connectivity index (χ1v) is 7.99. The monoisotopic (exact) mass is 315 g/mol. The van der Waals surface area contributed by atoms with E-state index in [1.807, 2.05) is 13.8 Å². The van der Waals surface area contributed by atoms with Gasteiger partial charge < -0.3 is 10.1 Å². The van der Waals surface area contributed by atoms with Crippen LogP contribution in [0.15, 0.2) is 29.1 Å². The van der Waals surface area contributed by atoms with E-state index in [-0.39, 0.29) is 29.3 Å². The minimum atomic E-state index is -0.272. The third kappa shape index (κ3) is 3.12. The molecule has 6 nitrogen and oxygen atoms in total. The second kappa shape index (κ2) is 6.50. The summed E-state index contributed by atoms with van der Waals surface area (Å²) in [5.41, 5.74) is 0.109. The van der Waals surface area contributed by atoms with Crippen LogP contribution < -0.4 is 10.9 Å². The van der Waals surface area contributed by atoms with Crippen molar-refractivity contribution in [3.63, 3.8) is 0 Å². The topological polar surface area (TPSA) is 73.2 Å². The maximum Gasteiger partial charge on any atom is 0.274 e. The lowest BCUT2D eigenvalue weighted by molar-refractivity contribution is 0.0853. The van der Waals surface area contributed by atoms with Crippen molar-refractivity contribution in [3.8, 4) is 0 Å². The van der Waals surface area contributed by atoms with Gasteiger partial charge in [-0.25, -0.2) is 4.68 Å². The van der Waals surface area contributed by atoms with E-state index in [1.54, 1.807) is 24.3 Å². The Bertz CT molecular complexity index is 776. The Labute approximate surface area is 134 Å². The Kier molecular flexibility index (Phi) is 4.43. The van der Waals surface area contributed by atoms with Crippen LogP contribution in [-0.4, -0.2) is 34.9 Å². The van der Waals surface area contributed by atoms with Crippen LogP contribution in [0.1, 0.15) is 43.2 Å². The zero-order valence-electron chi connectivity index (χ0n) is 13.4. The predicted octanol–water partition coefficient (Wildman–Crippen LogP) is 1.89. The summed E-state index contributed by atoms with van der Waals surface area (Å²) in [4.78, 5) is 25.0. The Balaban J connectivity index is 1.96. The average Bonchev–Trinajstić information content (AvgIpc) is 3.06. The van der Waals surface area contributed by atoms with Crippen LogP contribution in [0.3, 0.4) is 0 Å². The zero-order valence-corrected chi connectivity index (χ0v) is 13.4. The minimum absolute atomic E-state index is 0.0706. The van der Waals surface area contributed by atoms with Crippen LogP contribution in [0.25, 0.3) is 10.8 Å². The number of ether oxygens (including phenoxy) is 1. The second-order valence-corrected chi connectivity index (χ2v) is 6.08. The average molecular weight is 315 g/mol. The fourth-order valence-corrected chi connectivity index (χ4v) is 2.82. The predicted molar refractivity (Wildman–Crippen MR) is 87.7 cm³/mol. The van der Waals surface area contributed by atoms with Crippen LogP contribution in [0.5, 0.6) is 0 Å². The molecule has 0 aliphatic carbocycles. The summed E-state index contributed by atoms with van der Waals surface area (Å²) >= 11 is 0. The van der Waals surface area contributed by atoms with Crippen LogP contribution in [0.4, 0.5) is 0 Å². The number of hydrogen-bond acceptors (Lipinski definition) is 4. The Morgan fingerprint density at radius 3 is 2.78 bits per heavy atom. The van der Waals surface area contributed by atoms with Crippen molar-refractivity contribution in [1.82, 2.24) is 15.1 Å². The Morgan fingerprint density at radius 1 is 1.39 bits per heavy atom. The Morgan fingerprint density at radius 2 is 2.13 bits per heavy atom. The van der Waals surface area contributed by atoms with E-state index in [0.717, 1.165) is 19.4 Å². The molecule has 1 amide bonds. The molecule has 3 rings (SSSR count). The van der Waals surface area contributed by atoms with Gasteiger partial charge in [0, 0.05) is 18.5 Å². The van der Waals surface area contributed by atoms with E-state index in [4.69, 9.17) is 4.74 Å². The van der Waals surface area contributed by atoms with Gasteiger partial charge in [-0.15, -0.1) is 0 Å². The van der Waals surface area contributed by atoms with Crippen molar-refractivity contribution in [1.29, 1.82) is 0 Å². The highest BCUT2D eigenvalue weighted by molar-refractivity contribution is 6.04. The number of benzene rings is 1. The van der Waals surface area contributed by atoms with Crippen LogP contribution >= 0.6 is 0 Å². The molecule has 1 N–H and O–H groups in total. The molecule has 0 bridgehead atoms. The second-order valence-electron chi connectivity index (χ2n) is 6.08. The SMILES string of the molecule is CC(C)n1nc(C(=O)NC[C@@H]2CCCO2)c2ccccc2c1=O. The number of aromatic nitrogens is 2. The summed E-state index contributed by atoms with van der Waals surface area (Å²) < 4.78 is 6.88. The molecule has 0 radical (unpaired) electrons. The standard InChI is InChI=1S/C17H21N3O3/c1-11(2)20-17(22)14-8-4-3-7-13(14)15(19-20)16(21)18-10-12-6-5-9-23-12/h3-4,7-8,11-12H,5-6,9-10H2,1-2H3,(H,18,21)/t12-/m0/s1. The lowest BCUT2D eigenvalue weighted by atomic mass is 10.1. The van der Waals surface area contributed by atoms with E-state index in [1.165, 1.54) is 4.68 Å². The van der Waals surface area contributed by atoms with Crippen molar-refractivity contribution in [2.45, 2.75) is 38.8 Å². The zero-order chi connectivity index (χ0) is 16.4. The fourth-order valence-electron chi connectivity index (χ4n) is 2.82. The maximum absolute atomic E-state index is 12.6. The number of amides is 1. The van der Waals surface area contributed by atoms with Crippen molar-refractivity contribution < 1.29 is 9.53 Å². The summed E-state index contributed by atoms with van der Waals surface area (Å²) in [6.45, 7) is 4.96. The molecular weight excluding hydrogens is 294 g/mol. The molecular formula is C17H21N3O3. The fraction of sp³-hybridized carbons (Fsp3) is 0.471. The summed E-state index contributed by atoms with van der Waals surface area (Å²) in [6, 6.07) is 6.98. The van der Waals surface area contributed by atoms with Crippen LogP contribution in [-0.2, 0) is 4.74 Å². The number of carbonyl (C=O) groups is 1. The van der Waals surface area contributed by atoms with E-state index >= 15 is 0 Å². The number of carbonyl (C=O) groups excluding carboxylic acids is 1. The number of hydrogen-bond donors (Lipinski definition) is 1. The van der Waals surface area contributed by atoms with Crippen molar-refractivity contribution in [2.24, 2.45) is 0 Å². The molecule has 1 atom stereocenters. The molecule has 0 spiro atoms. The molecule has 1 fully saturated rings. The maximum atomic E-state index is 12.6. The van der Waals surface area contributed by atoms with Crippen LogP contribution in [0.2, 0.25) is 0 Å². The third-order valence-corrected chi connectivity index (χ3v) is 4.05. The third-order valence-electron chi connectivity index (χ3n) is 4.05. The van der Waals surface area contributed by atoms with Gasteiger partial charge in [-0.3, -0.25) is 9.59 Å². The van der Waals surface area contributed by atoms with Gasteiger partial charge in [0.1, 0.15) is 0 Å². The molecule has 2 aromatic rings. The summed E-state index contributed by atoms with van der Waals surface area (Å²) in [7, 11) is 0. The summed E-state index contributed by atoms with van der Waals surface area (Å²) in [6.07, 6.45) is 2.06. The quantitative estimate of drug-likeness (QED) is 0.935. The molecule has 1 aromatic carbocycles.